The van der Waals surface area contributed by atoms with E-state index in [1.807, 2.05) is 35.7 Å². The Hall–Kier alpha value is -1.44. The highest BCUT2D eigenvalue weighted by molar-refractivity contribution is 8.23. The van der Waals surface area contributed by atoms with Gasteiger partial charge in [-0.15, -0.1) is 11.3 Å². The van der Waals surface area contributed by atoms with E-state index in [9.17, 15) is 4.79 Å². The van der Waals surface area contributed by atoms with Gasteiger partial charge < -0.3 is 10.2 Å². The van der Waals surface area contributed by atoms with Crippen LogP contribution in [0.4, 0.5) is 5.13 Å². The summed E-state index contributed by atoms with van der Waals surface area (Å²) in [5.74, 6) is 0.216. The summed E-state index contributed by atoms with van der Waals surface area (Å²) in [6, 6.07) is 9.90. The minimum Gasteiger partial charge on any atom is -0.358 e. The first-order valence-electron chi connectivity index (χ1n) is 7.36. The molecule has 7 heteroatoms. The fourth-order valence-corrected chi connectivity index (χ4v) is 3.87. The number of nitrogens with one attached hydrogen (secondary N) is 1. The first-order chi connectivity index (χ1) is 11.1. The zero-order valence-corrected chi connectivity index (χ0v) is 15.6. The molecule has 1 aromatic heterocycles. The number of thiazole rings is 1. The predicted octanol–water partition coefficient (Wildman–Crippen LogP) is 4.11. The number of aromatic nitrogens is 1. The molecule has 0 aliphatic rings. The van der Waals surface area contributed by atoms with Crippen LogP contribution in [0.2, 0.25) is 0 Å². The van der Waals surface area contributed by atoms with Gasteiger partial charge in [-0.05, 0) is 13.8 Å². The lowest BCUT2D eigenvalue weighted by molar-refractivity contribution is -0.113. The van der Waals surface area contributed by atoms with Gasteiger partial charge in [0, 0.05) is 24.0 Å². The second-order valence-corrected chi connectivity index (χ2v) is 7.15. The third kappa shape index (κ3) is 5.30. The Bertz CT molecular complexity index is 654. The summed E-state index contributed by atoms with van der Waals surface area (Å²) >= 11 is 8.13. The lowest BCUT2D eigenvalue weighted by atomic mass is 10.2. The number of hydrogen-bond acceptors (Lipinski definition) is 5. The summed E-state index contributed by atoms with van der Waals surface area (Å²) in [5.41, 5.74) is 1.92. The normalized spacial score (nSPS) is 10.3. The van der Waals surface area contributed by atoms with Crippen molar-refractivity contribution in [1.82, 2.24) is 9.88 Å². The molecule has 0 aliphatic carbocycles. The molecule has 23 heavy (non-hydrogen) atoms. The van der Waals surface area contributed by atoms with Crippen LogP contribution in [-0.4, -0.2) is 39.0 Å². The van der Waals surface area contributed by atoms with Gasteiger partial charge in [-0.2, -0.15) is 0 Å². The number of rotatable bonds is 6. The Morgan fingerprint density at radius 1 is 1.30 bits per heavy atom. The van der Waals surface area contributed by atoms with E-state index in [4.69, 9.17) is 12.2 Å². The zero-order chi connectivity index (χ0) is 16.7. The lowest BCUT2D eigenvalue weighted by Gasteiger charge is -2.20. The van der Waals surface area contributed by atoms with Gasteiger partial charge in [0.15, 0.2) is 5.13 Å². The lowest BCUT2D eigenvalue weighted by Crippen LogP contribution is -2.28. The summed E-state index contributed by atoms with van der Waals surface area (Å²) in [7, 11) is 0. The molecule has 4 nitrogen and oxygen atoms in total. The topological polar surface area (TPSA) is 45.2 Å². The van der Waals surface area contributed by atoms with Crippen molar-refractivity contribution in [1.29, 1.82) is 0 Å². The summed E-state index contributed by atoms with van der Waals surface area (Å²) < 4.78 is 0.759. The smallest absolute Gasteiger partial charge is 0.236 e. The van der Waals surface area contributed by atoms with Crippen molar-refractivity contribution in [3.8, 4) is 11.3 Å². The second-order valence-electron chi connectivity index (χ2n) is 4.68. The van der Waals surface area contributed by atoms with Crippen LogP contribution in [0, 0.1) is 0 Å². The molecule has 0 saturated heterocycles. The molecule has 122 valence electrons. The largest absolute Gasteiger partial charge is 0.358 e. The molecule has 0 saturated carbocycles. The van der Waals surface area contributed by atoms with Gasteiger partial charge in [-0.1, -0.05) is 54.3 Å². The Morgan fingerprint density at radius 3 is 2.65 bits per heavy atom. The van der Waals surface area contributed by atoms with E-state index in [1.54, 1.807) is 0 Å². The summed E-state index contributed by atoms with van der Waals surface area (Å²) in [6.07, 6.45) is 0. The highest BCUT2D eigenvalue weighted by Gasteiger charge is 2.11. The van der Waals surface area contributed by atoms with Crippen LogP contribution in [0.3, 0.4) is 0 Å². The fraction of sp³-hybridized carbons (Fsp3) is 0.312. The van der Waals surface area contributed by atoms with Crippen LogP contribution in [-0.2, 0) is 4.79 Å². The standard InChI is InChI=1S/C16H19N3OS3/c1-3-19(4-2)16(21)23-11-14(20)18-15-17-13(10-22-15)12-8-6-5-7-9-12/h5-10H,3-4,11H2,1-2H3,(H,17,18,20). The molecule has 1 amide bonds. The van der Waals surface area contributed by atoms with Gasteiger partial charge in [0.2, 0.25) is 5.91 Å². The van der Waals surface area contributed by atoms with Crippen molar-refractivity contribution in [2.24, 2.45) is 0 Å². The van der Waals surface area contributed by atoms with Crippen molar-refractivity contribution < 1.29 is 4.79 Å². The van der Waals surface area contributed by atoms with Gasteiger partial charge in [0.05, 0.1) is 11.4 Å². The maximum Gasteiger partial charge on any atom is 0.236 e. The quantitative estimate of drug-likeness (QED) is 0.781. The van der Waals surface area contributed by atoms with Crippen molar-refractivity contribution >= 4 is 50.7 Å². The molecule has 0 spiro atoms. The fourth-order valence-electron chi connectivity index (χ4n) is 1.93. The van der Waals surface area contributed by atoms with Crippen LogP contribution < -0.4 is 5.32 Å². The maximum absolute atomic E-state index is 12.0. The van der Waals surface area contributed by atoms with E-state index < -0.39 is 0 Å². The first kappa shape index (κ1) is 17.9. The van der Waals surface area contributed by atoms with Gasteiger partial charge in [0.25, 0.3) is 0 Å². The van der Waals surface area contributed by atoms with Gasteiger partial charge >= 0.3 is 0 Å². The average molecular weight is 366 g/mol. The minimum absolute atomic E-state index is 0.0848. The monoisotopic (exact) mass is 365 g/mol. The van der Waals surface area contributed by atoms with Crippen LogP contribution in [0.5, 0.6) is 0 Å². The Kier molecular flexibility index (Phi) is 7.01. The van der Waals surface area contributed by atoms with E-state index in [0.717, 1.165) is 28.7 Å². The SMILES string of the molecule is CCN(CC)C(=S)SCC(=O)Nc1nc(-c2ccccc2)cs1. The van der Waals surface area contributed by atoms with Crippen LogP contribution >= 0.6 is 35.3 Å². The molecule has 1 aromatic carbocycles. The van der Waals surface area contributed by atoms with E-state index in [2.05, 4.69) is 29.0 Å². The second kappa shape index (κ2) is 9.00. The van der Waals surface area contributed by atoms with Crippen molar-refractivity contribution in [2.45, 2.75) is 13.8 Å². The number of anilines is 1. The number of carbonyl (C=O) groups excluding carboxylic acids is 1. The van der Waals surface area contributed by atoms with E-state index in [-0.39, 0.29) is 5.91 Å². The summed E-state index contributed by atoms with van der Waals surface area (Å²) in [6.45, 7) is 5.82. The molecule has 0 atom stereocenters. The number of carbonyl (C=O) groups is 1. The van der Waals surface area contributed by atoms with E-state index in [0.29, 0.717) is 10.9 Å². The molecular weight excluding hydrogens is 346 g/mol. The third-order valence-electron chi connectivity index (χ3n) is 3.17. The molecule has 1 heterocycles. The predicted molar refractivity (Wildman–Crippen MR) is 104 cm³/mol. The Balaban J connectivity index is 1.87. The molecule has 0 bridgehead atoms. The Morgan fingerprint density at radius 2 is 2.00 bits per heavy atom. The molecule has 2 rings (SSSR count). The van der Waals surface area contributed by atoms with Gasteiger partial charge in [0.1, 0.15) is 4.32 Å². The van der Waals surface area contributed by atoms with Crippen molar-refractivity contribution in [3.63, 3.8) is 0 Å². The van der Waals surface area contributed by atoms with E-state index >= 15 is 0 Å². The molecule has 0 aliphatic heterocycles. The van der Waals surface area contributed by atoms with Gasteiger partial charge in [-0.25, -0.2) is 4.98 Å². The highest BCUT2D eigenvalue weighted by atomic mass is 32.2. The molecule has 0 fully saturated rings. The average Bonchev–Trinajstić information content (AvgIpc) is 3.03. The minimum atomic E-state index is -0.0848. The maximum atomic E-state index is 12.0. The summed E-state index contributed by atoms with van der Waals surface area (Å²) in [4.78, 5) is 18.5. The van der Waals surface area contributed by atoms with Crippen LogP contribution in [0.15, 0.2) is 35.7 Å². The zero-order valence-electron chi connectivity index (χ0n) is 13.1. The van der Waals surface area contributed by atoms with Crippen LogP contribution in [0.1, 0.15) is 13.8 Å². The van der Waals surface area contributed by atoms with Gasteiger partial charge in [-0.3, -0.25) is 4.79 Å². The number of nitrogens with zero attached hydrogens (tertiary/aromatic N) is 2. The van der Waals surface area contributed by atoms with E-state index in [1.165, 1.54) is 23.1 Å². The molecule has 0 radical (unpaired) electrons. The number of thiocarbonyl (C=S) groups is 1. The molecule has 1 N–H and O–H groups in total. The summed E-state index contributed by atoms with van der Waals surface area (Å²) in [5, 5.41) is 5.39. The molecule has 2 aromatic rings. The first-order valence-corrected chi connectivity index (χ1v) is 9.63. The number of amides is 1. The number of thioether (sulfide) groups is 1. The third-order valence-corrected chi connectivity index (χ3v) is 5.45. The Labute approximate surface area is 150 Å². The number of benzene rings is 1. The highest BCUT2D eigenvalue weighted by Crippen LogP contribution is 2.24. The van der Waals surface area contributed by atoms with Crippen molar-refractivity contribution in [3.05, 3.63) is 35.7 Å². The molecule has 0 unspecified atom stereocenters. The number of hydrogen-bond donors (Lipinski definition) is 1. The molecular formula is C16H19N3OS3. The van der Waals surface area contributed by atoms with Crippen LogP contribution in [0.25, 0.3) is 11.3 Å². The van der Waals surface area contributed by atoms with Crippen molar-refractivity contribution in [2.75, 3.05) is 24.2 Å².